The molecule has 0 amide bonds. The van der Waals surface area contributed by atoms with Crippen LogP contribution in [0.2, 0.25) is 0 Å². The van der Waals surface area contributed by atoms with Crippen molar-refractivity contribution in [3.8, 4) is 5.88 Å². The van der Waals surface area contributed by atoms with E-state index in [2.05, 4.69) is 22.5 Å². The van der Waals surface area contributed by atoms with Gasteiger partial charge in [-0.15, -0.1) is 0 Å². The van der Waals surface area contributed by atoms with Crippen molar-refractivity contribution < 1.29 is 9.15 Å². The molecule has 0 radical (unpaired) electrons. The quantitative estimate of drug-likeness (QED) is 0.759. The third-order valence-electron chi connectivity index (χ3n) is 3.93. The van der Waals surface area contributed by atoms with Crippen LogP contribution in [-0.2, 0) is 13.6 Å². The number of rotatable bonds is 6. The van der Waals surface area contributed by atoms with Crippen LogP contribution in [0.1, 0.15) is 28.6 Å². The van der Waals surface area contributed by atoms with Crippen molar-refractivity contribution in [1.29, 1.82) is 0 Å². The Morgan fingerprint density at radius 2 is 2.00 bits per heavy atom. The predicted octanol–water partition coefficient (Wildman–Crippen LogP) is 3.21. The maximum absolute atomic E-state index is 5.62. The zero-order chi connectivity index (χ0) is 16.2. The molecule has 120 valence electrons. The number of hydrogen-bond acceptors (Lipinski definition) is 4. The Balaban J connectivity index is 1.86. The summed E-state index contributed by atoms with van der Waals surface area (Å²) in [6.45, 7) is 2.63. The van der Waals surface area contributed by atoms with Gasteiger partial charge in [-0.1, -0.05) is 30.3 Å². The monoisotopic (exact) mass is 311 g/mol. The molecule has 2 aromatic heterocycles. The predicted molar refractivity (Wildman–Crippen MR) is 88.3 cm³/mol. The molecule has 0 saturated carbocycles. The Kier molecular flexibility index (Phi) is 4.48. The molecule has 5 heteroatoms. The number of hydrogen-bond donors (Lipinski definition) is 1. The fourth-order valence-electron chi connectivity index (χ4n) is 2.83. The standard InChI is InChI=1S/C18H21N3O2/c1-13-15(18(22-3)21(2)20-13)12-19-17(16-10-7-11-23-16)14-8-5-4-6-9-14/h4-11,17,19H,12H2,1-3H3/t17-/m1/s1. The van der Waals surface area contributed by atoms with Gasteiger partial charge < -0.3 is 9.15 Å². The minimum absolute atomic E-state index is 0.0180. The third kappa shape index (κ3) is 3.14. The van der Waals surface area contributed by atoms with Gasteiger partial charge in [0.2, 0.25) is 5.88 Å². The summed E-state index contributed by atoms with van der Waals surface area (Å²) in [5.74, 6) is 1.66. The molecule has 1 atom stereocenters. The van der Waals surface area contributed by atoms with Gasteiger partial charge >= 0.3 is 0 Å². The van der Waals surface area contributed by atoms with Crippen molar-refractivity contribution >= 4 is 0 Å². The van der Waals surface area contributed by atoms with Gasteiger partial charge in [0, 0.05) is 13.6 Å². The summed E-state index contributed by atoms with van der Waals surface area (Å²) < 4.78 is 12.8. The Bertz CT molecular complexity index is 748. The van der Waals surface area contributed by atoms with Crippen LogP contribution in [0.4, 0.5) is 0 Å². The zero-order valence-corrected chi connectivity index (χ0v) is 13.6. The van der Waals surface area contributed by atoms with Gasteiger partial charge in [0.05, 0.1) is 30.7 Å². The first-order valence-corrected chi connectivity index (χ1v) is 7.59. The van der Waals surface area contributed by atoms with Crippen LogP contribution in [0, 0.1) is 6.92 Å². The van der Waals surface area contributed by atoms with Crippen molar-refractivity contribution in [2.75, 3.05) is 7.11 Å². The summed E-state index contributed by atoms with van der Waals surface area (Å²) >= 11 is 0. The normalized spacial score (nSPS) is 12.3. The van der Waals surface area contributed by atoms with E-state index in [0.717, 1.165) is 28.5 Å². The summed E-state index contributed by atoms with van der Waals surface area (Å²) in [5, 5.41) is 7.98. The van der Waals surface area contributed by atoms with Gasteiger partial charge in [-0.2, -0.15) is 5.10 Å². The molecule has 2 heterocycles. The average molecular weight is 311 g/mol. The molecule has 0 fully saturated rings. The number of aromatic nitrogens is 2. The second kappa shape index (κ2) is 6.71. The first-order chi connectivity index (χ1) is 11.2. The van der Waals surface area contributed by atoms with Crippen molar-refractivity contribution in [3.05, 3.63) is 71.3 Å². The molecule has 3 aromatic rings. The summed E-state index contributed by atoms with van der Waals surface area (Å²) in [7, 11) is 3.55. The molecular weight excluding hydrogens is 290 g/mol. The molecule has 0 bridgehead atoms. The lowest BCUT2D eigenvalue weighted by Crippen LogP contribution is -2.22. The first kappa shape index (κ1) is 15.4. The fourth-order valence-corrected chi connectivity index (χ4v) is 2.83. The number of benzene rings is 1. The van der Waals surface area contributed by atoms with Gasteiger partial charge in [0.25, 0.3) is 0 Å². The van der Waals surface area contributed by atoms with E-state index in [1.165, 1.54) is 0 Å². The molecule has 0 spiro atoms. The number of methoxy groups -OCH3 is 1. The van der Waals surface area contributed by atoms with Crippen molar-refractivity contribution in [2.24, 2.45) is 7.05 Å². The molecule has 1 aromatic carbocycles. The maximum atomic E-state index is 5.62. The average Bonchev–Trinajstić information content (AvgIpc) is 3.17. The number of furan rings is 1. The van der Waals surface area contributed by atoms with Crippen molar-refractivity contribution in [3.63, 3.8) is 0 Å². The van der Waals surface area contributed by atoms with Crippen LogP contribution in [0.5, 0.6) is 5.88 Å². The van der Waals surface area contributed by atoms with Crippen LogP contribution >= 0.6 is 0 Å². The third-order valence-corrected chi connectivity index (χ3v) is 3.93. The molecule has 0 aliphatic heterocycles. The zero-order valence-electron chi connectivity index (χ0n) is 13.6. The second-order valence-electron chi connectivity index (χ2n) is 5.44. The van der Waals surface area contributed by atoms with Crippen LogP contribution in [0.15, 0.2) is 53.1 Å². The summed E-state index contributed by atoms with van der Waals surface area (Å²) in [4.78, 5) is 0. The van der Waals surface area contributed by atoms with Crippen LogP contribution in [0.25, 0.3) is 0 Å². The highest BCUT2D eigenvalue weighted by atomic mass is 16.5. The van der Waals surface area contributed by atoms with E-state index in [1.54, 1.807) is 18.1 Å². The fraction of sp³-hybridized carbons (Fsp3) is 0.278. The van der Waals surface area contributed by atoms with Gasteiger partial charge in [-0.3, -0.25) is 5.32 Å². The van der Waals surface area contributed by atoms with E-state index in [0.29, 0.717) is 6.54 Å². The van der Waals surface area contributed by atoms with Crippen LogP contribution < -0.4 is 10.1 Å². The highest BCUT2D eigenvalue weighted by Gasteiger charge is 2.19. The summed E-state index contributed by atoms with van der Waals surface area (Å²) in [5.41, 5.74) is 3.17. The molecule has 23 heavy (non-hydrogen) atoms. The Morgan fingerprint density at radius 3 is 2.65 bits per heavy atom. The van der Waals surface area contributed by atoms with Gasteiger partial charge in [-0.25, -0.2) is 4.68 Å². The molecule has 0 saturated heterocycles. The van der Waals surface area contributed by atoms with Crippen molar-refractivity contribution in [1.82, 2.24) is 15.1 Å². The number of ether oxygens (including phenoxy) is 1. The second-order valence-corrected chi connectivity index (χ2v) is 5.44. The van der Waals surface area contributed by atoms with Crippen LogP contribution in [0.3, 0.4) is 0 Å². The molecule has 0 unspecified atom stereocenters. The van der Waals surface area contributed by atoms with Gasteiger partial charge in [0.15, 0.2) is 0 Å². The summed E-state index contributed by atoms with van der Waals surface area (Å²) in [6, 6.07) is 14.1. The lowest BCUT2D eigenvalue weighted by molar-refractivity contribution is 0.366. The number of nitrogens with zero attached hydrogens (tertiary/aromatic N) is 2. The van der Waals surface area contributed by atoms with Crippen molar-refractivity contribution in [2.45, 2.75) is 19.5 Å². The number of nitrogens with one attached hydrogen (secondary N) is 1. The van der Waals surface area contributed by atoms with E-state index >= 15 is 0 Å². The Labute approximate surface area is 135 Å². The van der Waals surface area contributed by atoms with E-state index in [-0.39, 0.29) is 6.04 Å². The molecule has 3 rings (SSSR count). The Morgan fingerprint density at radius 1 is 1.22 bits per heavy atom. The van der Waals surface area contributed by atoms with Gasteiger partial charge in [0.1, 0.15) is 5.76 Å². The van der Waals surface area contributed by atoms with E-state index < -0.39 is 0 Å². The van der Waals surface area contributed by atoms with E-state index in [9.17, 15) is 0 Å². The van der Waals surface area contributed by atoms with Gasteiger partial charge in [-0.05, 0) is 24.6 Å². The maximum Gasteiger partial charge on any atom is 0.216 e. The van der Waals surface area contributed by atoms with Crippen LogP contribution in [-0.4, -0.2) is 16.9 Å². The SMILES string of the molecule is COc1c(CN[C@H](c2ccccc2)c2ccco2)c(C)nn1C. The lowest BCUT2D eigenvalue weighted by atomic mass is 10.0. The topological polar surface area (TPSA) is 52.2 Å². The lowest BCUT2D eigenvalue weighted by Gasteiger charge is -2.17. The largest absolute Gasteiger partial charge is 0.481 e. The minimum Gasteiger partial charge on any atom is -0.481 e. The Hall–Kier alpha value is -2.53. The molecule has 0 aliphatic carbocycles. The van der Waals surface area contributed by atoms with E-state index in [1.807, 2.05) is 44.3 Å². The smallest absolute Gasteiger partial charge is 0.216 e. The summed E-state index contributed by atoms with van der Waals surface area (Å²) in [6.07, 6.45) is 1.70. The minimum atomic E-state index is -0.0180. The molecule has 0 aliphatic rings. The van der Waals surface area contributed by atoms with E-state index in [4.69, 9.17) is 9.15 Å². The molecule has 5 nitrogen and oxygen atoms in total. The number of aryl methyl sites for hydroxylation is 2. The first-order valence-electron chi connectivity index (χ1n) is 7.59. The highest BCUT2D eigenvalue weighted by molar-refractivity contribution is 5.32. The molecule has 1 N–H and O–H groups in total. The molecular formula is C18H21N3O2. The highest BCUT2D eigenvalue weighted by Crippen LogP contribution is 2.25.